The molecule has 3 amide bonds. The van der Waals surface area contributed by atoms with Crippen LogP contribution in [0.5, 0.6) is 5.75 Å². The molecule has 3 atom stereocenters. The number of cyclic esters (lactones) is 1. The minimum atomic E-state index is -1.08. The molecule has 0 aliphatic carbocycles. The summed E-state index contributed by atoms with van der Waals surface area (Å²) in [5.41, 5.74) is -0.616. The molecule has 3 N–H and O–H groups in total. The number of methoxy groups -OCH3 is 1. The van der Waals surface area contributed by atoms with Crippen LogP contribution in [0.15, 0.2) is 30.4 Å². The Morgan fingerprint density at radius 3 is 2.37 bits per heavy atom. The standard InChI is InChI=1S/C28H40ClN3O6/c1-17-28(5,6)26(36)32-21(16-27(2,3)4)25(35)38-13-9-8-10-23(33)31-20(24(34)30-17)15-18-11-12-22(37-7)19(29)14-18/h8,10-12,14,17,20-21H,9,13,15-16H2,1-7H3,(H,30,34)(H,31,33)(H,32,36). The highest BCUT2D eigenvalue weighted by Gasteiger charge is 2.39. The molecular formula is C28H40ClN3O6. The van der Waals surface area contributed by atoms with E-state index in [1.807, 2.05) is 20.8 Å². The first kappa shape index (κ1) is 31.1. The minimum Gasteiger partial charge on any atom is -0.495 e. The molecule has 0 aromatic heterocycles. The molecule has 0 saturated carbocycles. The highest BCUT2D eigenvalue weighted by Crippen LogP contribution is 2.27. The molecule has 210 valence electrons. The molecule has 1 heterocycles. The SMILES string of the molecule is COc1ccc(CC2NC(=O)C=CCCOC(=O)C(CC(C)(C)C)NC(=O)C(C)(C)C(C)NC2=O)cc1Cl. The topological polar surface area (TPSA) is 123 Å². The van der Waals surface area contributed by atoms with Gasteiger partial charge in [0, 0.05) is 18.9 Å². The molecule has 10 heteroatoms. The van der Waals surface area contributed by atoms with E-state index in [4.69, 9.17) is 21.1 Å². The lowest BCUT2D eigenvalue weighted by Crippen LogP contribution is -2.58. The lowest BCUT2D eigenvalue weighted by atomic mass is 9.82. The molecule has 3 unspecified atom stereocenters. The normalized spacial score (nSPS) is 23.6. The number of amides is 3. The van der Waals surface area contributed by atoms with Crippen LogP contribution in [0.25, 0.3) is 0 Å². The summed E-state index contributed by atoms with van der Waals surface area (Å²) in [5.74, 6) is -1.37. The fraction of sp³-hybridized carbons (Fsp3) is 0.571. The molecule has 1 aromatic rings. The van der Waals surface area contributed by atoms with Gasteiger partial charge in [-0.2, -0.15) is 0 Å². The predicted molar refractivity (Wildman–Crippen MR) is 146 cm³/mol. The summed E-state index contributed by atoms with van der Waals surface area (Å²) in [4.78, 5) is 52.1. The Hall–Kier alpha value is -3.07. The Labute approximate surface area is 230 Å². The van der Waals surface area contributed by atoms with Gasteiger partial charge >= 0.3 is 5.97 Å². The Kier molecular flexibility index (Phi) is 10.8. The summed E-state index contributed by atoms with van der Waals surface area (Å²) in [5, 5.41) is 8.82. The van der Waals surface area contributed by atoms with Gasteiger partial charge in [-0.05, 0) is 56.4 Å². The Morgan fingerprint density at radius 1 is 1.08 bits per heavy atom. The van der Waals surface area contributed by atoms with Crippen molar-refractivity contribution in [3.05, 3.63) is 40.9 Å². The van der Waals surface area contributed by atoms with Crippen LogP contribution in [0.2, 0.25) is 5.02 Å². The number of hydrogen-bond donors (Lipinski definition) is 3. The van der Waals surface area contributed by atoms with E-state index in [9.17, 15) is 19.2 Å². The molecule has 1 aliphatic rings. The first-order valence-electron chi connectivity index (χ1n) is 12.7. The number of nitrogens with one attached hydrogen (secondary N) is 3. The van der Waals surface area contributed by atoms with Gasteiger partial charge in [0.15, 0.2) is 0 Å². The molecule has 0 radical (unpaired) electrons. The van der Waals surface area contributed by atoms with Crippen LogP contribution in [0.1, 0.15) is 59.9 Å². The average molecular weight is 550 g/mol. The summed E-state index contributed by atoms with van der Waals surface area (Å²) in [6.45, 7) is 11.0. The number of esters is 1. The minimum absolute atomic E-state index is 0.0488. The third-order valence-electron chi connectivity index (χ3n) is 6.52. The van der Waals surface area contributed by atoms with Gasteiger partial charge in [0.05, 0.1) is 24.2 Å². The lowest BCUT2D eigenvalue weighted by molar-refractivity contribution is -0.150. The van der Waals surface area contributed by atoms with Gasteiger partial charge in [-0.1, -0.05) is 44.5 Å². The maximum atomic E-state index is 13.4. The van der Waals surface area contributed by atoms with E-state index in [-0.39, 0.29) is 18.4 Å². The molecule has 0 saturated heterocycles. The molecule has 1 aromatic carbocycles. The second-order valence-corrected chi connectivity index (χ2v) is 11.7. The summed E-state index contributed by atoms with van der Waals surface area (Å²) >= 11 is 6.25. The lowest BCUT2D eigenvalue weighted by Gasteiger charge is -2.34. The monoisotopic (exact) mass is 549 g/mol. The third kappa shape index (κ3) is 9.04. The first-order chi connectivity index (χ1) is 17.6. The Balaban J connectivity index is 2.35. The van der Waals surface area contributed by atoms with E-state index in [1.54, 1.807) is 45.0 Å². The summed E-state index contributed by atoms with van der Waals surface area (Å²) < 4.78 is 10.6. The van der Waals surface area contributed by atoms with E-state index < -0.39 is 47.2 Å². The van der Waals surface area contributed by atoms with Gasteiger partial charge in [-0.15, -0.1) is 0 Å². The first-order valence-corrected chi connectivity index (χ1v) is 13.1. The van der Waals surface area contributed by atoms with Crippen molar-refractivity contribution in [3.63, 3.8) is 0 Å². The van der Waals surface area contributed by atoms with Crippen LogP contribution in [0.4, 0.5) is 0 Å². The maximum absolute atomic E-state index is 13.4. The molecule has 38 heavy (non-hydrogen) atoms. The van der Waals surface area contributed by atoms with Gasteiger partial charge in [0.1, 0.15) is 17.8 Å². The molecule has 0 bridgehead atoms. The molecule has 0 spiro atoms. The quantitative estimate of drug-likeness (QED) is 0.495. The smallest absolute Gasteiger partial charge is 0.328 e. The number of carbonyl (C=O) groups is 4. The van der Waals surface area contributed by atoms with Crippen LogP contribution < -0.4 is 20.7 Å². The van der Waals surface area contributed by atoms with Crippen molar-refractivity contribution in [2.75, 3.05) is 13.7 Å². The van der Waals surface area contributed by atoms with Gasteiger partial charge in [0.2, 0.25) is 17.7 Å². The van der Waals surface area contributed by atoms with Crippen LogP contribution >= 0.6 is 11.6 Å². The number of hydrogen-bond acceptors (Lipinski definition) is 6. The van der Waals surface area contributed by atoms with Gasteiger partial charge in [0.25, 0.3) is 0 Å². The van der Waals surface area contributed by atoms with E-state index in [2.05, 4.69) is 16.0 Å². The van der Waals surface area contributed by atoms with Crippen molar-refractivity contribution in [1.82, 2.24) is 16.0 Å². The fourth-order valence-corrected chi connectivity index (χ4v) is 4.14. The van der Waals surface area contributed by atoms with Crippen molar-refractivity contribution < 1.29 is 28.7 Å². The van der Waals surface area contributed by atoms with Crippen LogP contribution in [0, 0.1) is 10.8 Å². The van der Waals surface area contributed by atoms with E-state index in [0.717, 1.165) is 5.56 Å². The molecular weight excluding hydrogens is 510 g/mol. The third-order valence-corrected chi connectivity index (χ3v) is 6.82. The van der Waals surface area contributed by atoms with E-state index in [1.165, 1.54) is 13.2 Å². The van der Waals surface area contributed by atoms with E-state index in [0.29, 0.717) is 23.6 Å². The van der Waals surface area contributed by atoms with E-state index >= 15 is 0 Å². The highest BCUT2D eigenvalue weighted by atomic mass is 35.5. The zero-order valence-electron chi connectivity index (χ0n) is 23.3. The van der Waals surface area contributed by atoms with Crippen molar-refractivity contribution in [2.45, 2.75) is 78.9 Å². The molecule has 2 rings (SSSR count). The average Bonchev–Trinajstić information content (AvgIpc) is 2.81. The van der Waals surface area contributed by atoms with Crippen molar-refractivity contribution in [1.29, 1.82) is 0 Å². The zero-order valence-corrected chi connectivity index (χ0v) is 24.0. The van der Waals surface area contributed by atoms with Crippen molar-refractivity contribution in [3.8, 4) is 5.75 Å². The number of ether oxygens (including phenoxy) is 2. The maximum Gasteiger partial charge on any atom is 0.328 e. The Morgan fingerprint density at radius 2 is 1.76 bits per heavy atom. The van der Waals surface area contributed by atoms with Gasteiger partial charge < -0.3 is 25.4 Å². The van der Waals surface area contributed by atoms with Gasteiger partial charge in [-0.3, -0.25) is 14.4 Å². The number of halogens is 1. The van der Waals surface area contributed by atoms with Crippen LogP contribution in [0.3, 0.4) is 0 Å². The molecule has 9 nitrogen and oxygen atoms in total. The summed E-state index contributed by atoms with van der Waals surface area (Å²) in [7, 11) is 1.51. The predicted octanol–water partition coefficient (Wildman–Crippen LogP) is 3.33. The Bertz CT molecular complexity index is 1060. The second kappa shape index (κ2) is 13.1. The summed E-state index contributed by atoms with van der Waals surface area (Å²) in [6, 6.07) is 2.72. The fourth-order valence-electron chi connectivity index (χ4n) is 3.86. The second-order valence-electron chi connectivity index (χ2n) is 11.3. The molecule has 1 aliphatic heterocycles. The largest absolute Gasteiger partial charge is 0.495 e. The molecule has 0 fully saturated rings. The summed E-state index contributed by atoms with van der Waals surface area (Å²) in [6.07, 6.45) is 3.71. The van der Waals surface area contributed by atoms with Crippen molar-refractivity contribution in [2.24, 2.45) is 10.8 Å². The zero-order chi connectivity index (χ0) is 28.7. The number of benzene rings is 1. The number of rotatable bonds is 4. The number of carbonyl (C=O) groups excluding carboxylic acids is 4. The van der Waals surface area contributed by atoms with Gasteiger partial charge in [-0.25, -0.2) is 4.79 Å². The van der Waals surface area contributed by atoms with Crippen LogP contribution in [-0.2, 0) is 30.3 Å². The highest BCUT2D eigenvalue weighted by molar-refractivity contribution is 6.32. The van der Waals surface area contributed by atoms with Crippen LogP contribution in [-0.4, -0.2) is 55.5 Å². The van der Waals surface area contributed by atoms with Crippen molar-refractivity contribution >= 4 is 35.3 Å².